The first kappa shape index (κ1) is 15.0. The highest BCUT2D eigenvalue weighted by Crippen LogP contribution is 2.24. The molecule has 5 nitrogen and oxygen atoms in total. The SMILES string of the molecule is Cc1cc(OCCCC(C)(C)C#N)ccc1[N+](=O)[O-]. The summed E-state index contributed by atoms with van der Waals surface area (Å²) < 4.78 is 5.53. The van der Waals surface area contributed by atoms with E-state index in [1.165, 1.54) is 6.07 Å². The van der Waals surface area contributed by atoms with Crippen molar-refractivity contribution in [2.45, 2.75) is 33.6 Å². The second kappa shape index (κ2) is 6.19. The zero-order valence-corrected chi connectivity index (χ0v) is 11.5. The fraction of sp³-hybridized carbons (Fsp3) is 0.500. The van der Waals surface area contributed by atoms with Crippen molar-refractivity contribution in [1.29, 1.82) is 5.26 Å². The van der Waals surface area contributed by atoms with Gasteiger partial charge < -0.3 is 4.74 Å². The Kier molecular flexibility index (Phi) is 4.87. The van der Waals surface area contributed by atoms with Gasteiger partial charge >= 0.3 is 0 Å². The van der Waals surface area contributed by atoms with Crippen LogP contribution < -0.4 is 4.74 Å². The van der Waals surface area contributed by atoms with Gasteiger partial charge in [-0.3, -0.25) is 10.1 Å². The van der Waals surface area contributed by atoms with Gasteiger partial charge in [-0.1, -0.05) is 0 Å². The predicted molar refractivity (Wildman–Crippen MR) is 72.0 cm³/mol. The van der Waals surface area contributed by atoms with Crippen molar-refractivity contribution in [3.05, 3.63) is 33.9 Å². The van der Waals surface area contributed by atoms with Crippen LogP contribution in [0.25, 0.3) is 0 Å². The summed E-state index contributed by atoms with van der Waals surface area (Å²) in [4.78, 5) is 10.3. The van der Waals surface area contributed by atoms with E-state index in [0.29, 0.717) is 17.9 Å². The van der Waals surface area contributed by atoms with Gasteiger partial charge in [0.1, 0.15) is 5.75 Å². The first-order chi connectivity index (χ1) is 8.85. The molecule has 0 fully saturated rings. The highest BCUT2D eigenvalue weighted by Gasteiger charge is 2.16. The minimum atomic E-state index is -0.408. The normalized spacial score (nSPS) is 10.8. The fourth-order valence-corrected chi connectivity index (χ4v) is 1.68. The first-order valence-corrected chi connectivity index (χ1v) is 6.15. The van der Waals surface area contributed by atoms with Crippen LogP contribution in [-0.4, -0.2) is 11.5 Å². The summed E-state index contributed by atoms with van der Waals surface area (Å²) in [5, 5.41) is 19.5. The van der Waals surface area contributed by atoms with Gasteiger partial charge in [-0.05, 0) is 45.7 Å². The van der Waals surface area contributed by atoms with Crippen LogP contribution in [0.2, 0.25) is 0 Å². The largest absolute Gasteiger partial charge is 0.494 e. The van der Waals surface area contributed by atoms with Crippen LogP contribution in [0.15, 0.2) is 18.2 Å². The molecule has 0 unspecified atom stereocenters. The summed E-state index contributed by atoms with van der Waals surface area (Å²) in [6, 6.07) is 6.94. The maximum absolute atomic E-state index is 10.7. The summed E-state index contributed by atoms with van der Waals surface area (Å²) >= 11 is 0. The quantitative estimate of drug-likeness (QED) is 0.445. The molecule has 0 amide bonds. The van der Waals surface area contributed by atoms with Crippen molar-refractivity contribution in [3.63, 3.8) is 0 Å². The highest BCUT2D eigenvalue weighted by molar-refractivity contribution is 5.44. The van der Waals surface area contributed by atoms with Crippen LogP contribution in [0, 0.1) is 33.8 Å². The van der Waals surface area contributed by atoms with E-state index < -0.39 is 4.92 Å². The van der Waals surface area contributed by atoms with Crippen molar-refractivity contribution >= 4 is 5.69 Å². The summed E-state index contributed by atoms with van der Waals surface area (Å²) in [5.74, 6) is 0.623. The molecule has 1 rings (SSSR count). The van der Waals surface area contributed by atoms with Crippen LogP contribution in [0.1, 0.15) is 32.3 Å². The summed E-state index contributed by atoms with van der Waals surface area (Å²) in [6.07, 6.45) is 1.53. The number of nitrogens with zero attached hydrogens (tertiary/aromatic N) is 2. The predicted octanol–water partition coefficient (Wildman–Crippen LogP) is 3.61. The number of nitriles is 1. The van der Waals surface area contributed by atoms with E-state index in [0.717, 1.165) is 12.8 Å². The van der Waals surface area contributed by atoms with E-state index in [4.69, 9.17) is 10.00 Å². The molecule has 0 atom stereocenters. The molecule has 102 valence electrons. The molecule has 0 aliphatic carbocycles. The van der Waals surface area contributed by atoms with E-state index in [1.807, 2.05) is 13.8 Å². The van der Waals surface area contributed by atoms with E-state index in [9.17, 15) is 10.1 Å². The molecule has 0 N–H and O–H groups in total. The Labute approximate surface area is 113 Å². The molecule has 0 aliphatic heterocycles. The third-order valence-electron chi connectivity index (χ3n) is 2.88. The molecule has 0 saturated carbocycles. The monoisotopic (exact) mass is 262 g/mol. The number of benzene rings is 1. The van der Waals surface area contributed by atoms with E-state index >= 15 is 0 Å². The zero-order chi connectivity index (χ0) is 14.5. The Morgan fingerprint density at radius 1 is 1.47 bits per heavy atom. The second-order valence-corrected chi connectivity index (χ2v) is 5.15. The van der Waals surface area contributed by atoms with Gasteiger partial charge in [-0.15, -0.1) is 0 Å². The van der Waals surface area contributed by atoms with Gasteiger partial charge in [0, 0.05) is 11.6 Å². The van der Waals surface area contributed by atoms with Gasteiger partial charge in [0.05, 0.1) is 23.0 Å². The lowest BCUT2D eigenvalue weighted by atomic mass is 9.90. The molecule has 0 saturated heterocycles. The molecule has 0 heterocycles. The minimum absolute atomic E-state index is 0.0953. The topological polar surface area (TPSA) is 76.2 Å². The maximum atomic E-state index is 10.7. The molecule has 19 heavy (non-hydrogen) atoms. The van der Waals surface area contributed by atoms with Gasteiger partial charge in [0.15, 0.2) is 0 Å². The van der Waals surface area contributed by atoms with Crippen LogP contribution >= 0.6 is 0 Å². The fourth-order valence-electron chi connectivity index (χ4n) is 1.68. The van der Waals surface area contributed by atoms with Crippen molar-refractivity contribution in [2.75, 3.05) is 6.61 Å². The Hall–Kier alpha value is -2.09. The van der Waals surface area contributed by atoms with E-state index in [2.05, 4.69) is 6.07 Å². The maximum Gasteiger partial charge on any atom is 0.272 e. The average molecular weight is 262 g/mol. The average Bonchev–Trinajstić information content (AvgIpc) is 2.34. The molecule has 5 heteroatoms. The number of hydrogen-bond donors (Lipinski definition) is 0. The number of nitro benzene ring substituents is 1. The van der Waals surface area contributed by atoms with Gasteiger partial charge in [-0.25, -0.2) is 0 Å². The van der Waals surface area contributed by atoms with Crippen LogP contribution in [0.4, 0.5) is 5.69 Å². The van der Waals surface area contributed by atoms with Gasteiger partial charge in [0.25, 0.3) is 5.69 Å². The molecule has 0 radical (unpaired) electrons. The molecule has 1 aromatic carbocycles. The van der Waals surface area contributed by atoms with E-state index in [1.54, 1.807) is 19.1 Å². The number of hydrogen-bond acceptors (Lipinski definition) is 4. The Morgan fingerprint density at radius 2 is 2.16 bits per heavy atom. The van der Waals surface area contributed by atoms with Crippen LogP contribution in [0.3, 0.4) is 0 Å². The highest BCUT2D eigenvalue weighted by atomic mass is 16.6. The standard InChI is InChI=1S/C14H18N2O3/c1-11-9-12(5-6-13(11)16(17)18)19-8-4-7-14(2,3)10-15/h5-6,9H,4,7-8H2,1-3H3. The molecule has 0 aliphatic rings. The molecule has 1 aromatic rings. The Morgan fingerprint density at radius 3 is 2.68 bits per heavy atom. The Bertz CT molecular complexity index is 504. The van der Waals surface area contributed by atoms with Gasteiger partial charge in [-0.2, -0.15) is 5.26 Å². The Balaban J connectivity index is 2.49. The smallest absolute Gasteiger partial charge is 0.272 e. The third-order valence-corrected chi connectivity index (χ3v) is 2.88. The number of aryl methyl sites for hydroxylation is 1. The summed E-state index contributed by atoms with van der Waals surface area (Å²) in [6.45, 7) is 5.97. The minimum Gasteiger partial charge on any atom is -0.494 e. The van der Waals surface area contributed by atoms with Crippen LogP contribution in [0.5, 0.6) is 5.75 Å². The number of rotatable bonds is 6. The number of ether oxygens (including phenoxy) is 1. The van der Waals surface area contributed by atoms with Crippen molar-refractivity contribution in [3.8, 4) is 11.8 Å². The van der Waals surface area contributed by atoms with Crippen molar-refractivity contribution in [1.82, 2.24) is 0 Å². The lowest BCUT2D eigenvalue weighted by molar-refractivity contribution is -0.385. The van der Waals surface area contributed by atoms with E-state index in [-0.39, 0.29) is 11.1 Å². The first-order valence-electron chi connectivity index (χ1n) is 6.15. The van der Waals surface area contributed by atoms with Crippen molar-refractivity contribution < 1.29 is 9.66 Å². The summed E-state index contributed by atoms with van der Waals surface area (Å²) in [5.41, 5.74) is 0.340. The lowest BCUT2D eigenvalue weighted by Crippen LogP contribution is -2.10. The van der Waals surface area contributed by atoms with Crippen LogP contribution in [-0.2, 0) is 0 Å². The molecule has 0 bridgehead atoms. The molecular formula is C14H18N2O3. The van der Waals surface area contributed by atoms with Crippen molar-refractivity contribution in [2.24, 2.45) is 5.41 Å². The molecular weight excluding hydrogens is 244 g/mol. The number of nitro groups is 1. The second-order valence-electron chi connectivity index (χ2n) is 5.15. The molecule has 0 spiro atoms. The zero-order valence-electron chi connectivity index (χ0n) is 11.5. The lowest BCUT2D eigenvalue weighted by Gasteiger charge is -2.14. The van der Waals surface area contributed by atoms with Gasteiger partial charge in [0.2, 0.25) is 0 Å². The molecule has 0 aromatic heterocycles. The summed E-state index contributed by atoms with van der Waals surface area (Å²) in [7, 11) is 0. The third kappa shape index (κ3) is 4.59.